The maximum atomic E-state index is 13.1. The molecule has 0 amide bonds. The molecule has 0 saturated heterocycles. The number of halogens is 3. The normalized spacial score (nSPS) is 12.7. The molecular formula is C13H11BrF2S. The van der Waals surface area contributed by atoms with Gasteiger partial charge in [-0.3, -0.25) is 0 Å². The lowest BCUT2D eigenvalue weighted by Gasteiger charge is -2.08. The minimum absolute atomic E-state index is 0.155. The quantitative estimate of drug-likeness (QED) is 0.693. The number of hydrogen-bond acceptors (Lipinski definition) is 1. The minimum atomic E-state index is -0.545. The van der Waals surface area contributed by atoms with Crippen LogP contribution in [0, 0.1) is 11.6 Å². The van der Waals surface area contributed by atoms with Crippen molar-refractivity contribution in [3.05, 3.63) is 57.3 Å². The summed E-state index contributed by atoms with van der Waals surface area (Å²) in [6.45, 7) is 2.08. The Labute approximate surface area is 111 Å². The third kappa shape index (κ3) is 2.93. The second-order valence-electron chi connectivity index (χ2n) is 3.72. The Morgan fingerprint density at radius 2 is 1.82 bits per heavy atom. The number of rotatable bonds is 3. The van der Waals surface area contributed by atoms with E-state index in [2.05, 4.69) is 22.9 Å². The molecule has 0 fully saturated rings. The van der Waals surface area contributed by atoms with Crippen LogP contribution in [-0.4, -0.2) is 0 Å². The van der Waals surface area contributed by atoms with Gasteiger partial charge in [-0.25, -0.2) is 8.78 Å². The highest BCUT2D eigenvalue weighted by Gasteiger charge is 2.14. The van der Waals surface area contributed by atoms with Gasteiger partial charge in [0.1, 0.15) is 11.6 Å². The van der Waals surface area contributed by atoms with Crippen molar-refractivity contribution >= 4 is 27.3 Å². The molecule has 0 spiro atoms. The molecule has 0 aliphatic carbocycles. The molecule has 90 valence electrons. The first-order valence-corrected chi connectivity index (χ1v) is 7.02. The van der Waals surface area contributed by atoms with Crippen molar-refractivity contribution in [2.75, 3.05) is 0 Å². The topological polar surface area (TPSA) is 0 Å². The molecule has 1 unspecified atom stereocenters. The van der Waals surface area contributed by atoms with Crippen LogP contribution in [0.15, 0.2) is 30.3 Å². The fourth-order valence-electron chi connectivity index (χ4n) is 1.61. The van der Waals surface area contributed by atoms with Gasteiger partial charge in [0.05, 0.1) is 4.83 Å². The average Bonchev–Trinajstić information content (AvgIpc) is 2.75. The van der Waals surface area contributed by atoms with Gasteiger partial charge in [0.25, 0.3) is 0 Å². The van der Waals surface area contributed by atoms with E-state index in [1.165, 1.54) is 17.0 Å². The summed E-state index contributed by atoms with van der Waals surface area (Å²) in [5.74, 6) is -1.09. The summed E-state index contributed by atoms with van der Waals surface area (Å²) < 4.78 is 26.2. The van der Waals surface area contributed by atoms with Crippen molar-refractivity contribution in [2.24, 2.45) is 0 Å². The third-order valence-corrected chi connectivity index (χ3v) is 5.08. The highest BCUT2D eigenvalue weighted by Crippen LogP contribution is 2.35. The summed E-state index contributed by atoms with van der Waals surface area (Å²) in [5, 5.41) is 0. The van der Waals surface area contributed by atoms with Gasteiger partial charge in [-0.05, 0) is 36.2 Å². The zero-order chi connectivity index (χ0) is 12.4. The second kappa shape index (κ2) is 5.27. The summed E-state index contributed by atoms with van der Waals surface area (Å²) in [4.78, 5) is 2.17. The summed E-state index contributed by atoms with van der Waals surface area (Å²) in [7, 11) is 0. The molecule has 1 aromatic heterocycles. The fraction of sp³-hybridized carbons (Fsp3) is 0.231. The van der Waals surface area contributed by atoms with Crippen molar-refractivity contribution in [1.82, 2.24) is 0 Å². The molecular weight excluding hydrogens is 306 g/mol. The van der Waals surface area contributed by atoms with Crippen LogP contribution >= 0.6 is 27.3 Å². The van der Waals surface area contributed by atoms with Gasteiger partial charge >= 0.3 is 0 Å². The highest BCUT2D eigenvalue weighted by atomic mass is 79.9. The smallest absolute Gasteiger partial charge is 0.126 e. The van der Waals surface area contributed by atoms with Crippen LogP contribution in [0.2, 0.25) is 0 Å². The van der Waals surface area contributed by atoms with E-state index in [4.69, 9.17) is 0 Å². The molecule has 2 aromatic rings. The molecule has 0 N–H and O–H groups in total. The molecule has 0 saturated carbocycles. The monoisotopic (exact) mass is 316 g/mol. The van der Waals surface area contributed by atoms with E-state index in [9.17, 15) is 8.78 Å². The Kier molecular flexibility index (Phi) is 3.94. The first kappa shape index (κ1) is 12.7. The van der Waals surface area contributed by atoms with E-state index in [-0.39, 0.29) is 4.83 Å². The predicted molar refractivity (Wildman–Crippen MR) is 70.8 cm³/mol. The average molecular weight is 317 g/mol. The standard InChI is InChI=1S/C13H11BrF2S/c1-2-11-3-4-12(17-11)13(14)8-5-9(15)7-10(16)6-8/h3-7,13H,2H2,1H3. The molecule has 0 aliphatic rings. The molecule has 4 heteroatoms. The van der Waals surface area contributed by atoms with Crippen molar-refractivity contribution < 1.29 is 8.78 Å². The van der Waals surface area contributed by atoms with Crippen LogP contribution in [0.25, 0.3) is 0 Å². The third-order valence-electron chi connectivity index (χ3n) is 2.46. The zero-order valence-electron chi connectivity index (χ0n) is 9.21. The molecule has 1 atom stereocenters. The lowest BCUT2D eigenvalue weighted by Crippen LogP contribution is -1.92. The van der Waals surface area contributed by atoms with Gasteiger partial charge in [-0.2, -0.15) is 0 Å². The molecule has 0 aliphatic heterocycles. The summed E-state index contributed by atoms with van der Waals surface area (Å²) in [5.41, 5.74) is 0.604. The first-order chi connectivity index (χ1) is 8.10. The zero-order valence-corrected chi connectivity index (χ0v) is 11.6. The summed E-state index contributed by atoms with van der Waals surface area (Å²) in [6.07, 6.45) is 0.974. The lowest BCUT2D eigenvalue weighted by atomic mass is 10.1. The Balaban J connectivity index is 2.32. The van der Waals surface area contributed by atoms with E-state index in [0.29, 0.717) is 5.56 Å². The van der Waals surface area contributed by atoms with Gasteiger partial charge in [0.15, 0.2) is 0 Å². The maximum absolute atomic E-state index is 13.1. The van der Waals surface area contributed by atoms with E-state index < -0.39 is 11.6 Å². The van der Waals surface area contributed by atoms with E-state index in [0.717, 1.165) is 17.4 Å². The number of hydrogen-bond donors (Lipinski definition) is 0. The molecule has 0 radical (unpaired) electrons. The Bertz CT molecular complexity index is 502. The second-order valence-corrected chi connectivity index (χ2v) is 5.84. The molecule has 1 heterocycles. The molecule has 0 nitrogen and oxygen atoms in total. The van der Waals surface area contributed by atoms with Crippen molar-refractivity contribution in [1.29, 1.82) is 0 Å². The SMILES string of the molecule is CCc1ccc(C(Br)c2cc(F)cc(F)c2)s1. The van der Waals surface area contributed by atoms with Crippen LogP contribution < -0.4 is 0 Å². The first-order valence-electron chi connectivity index (χ1n) is 5.29. The molecule has 2 rings (SSSR count). The van der Waals surface area contributed by atoms with Crippen molar-refractivity contribution in [3.63, 3.8) is 0 Å². The number of benzene rings is 1. The maximum Gasteiger partial charge on any atom is 0.126 e. The van der Waals surface area contributed by atoms with E-state index >= 15 is 0 Å². The van der Waals surface area contributed by atoms with Crippen molar-refractivity contribution in [3.8, 4) is 0 Å². The van der Waals surface area contributed by atoms with Gasteiger partial charge in [-0.1, -0.05) is 22.9 Å². The Morgan fingerprint density at radius 3 is 2.35 bits per heavy atom. The van der Waals surface area contributed by atoms with E-state index in [1.807, 2.05) is 12.1 Å². The van der Waals surface area contributed by atoms with Crippen LogP contribution in [0.5, 0.6) is 0 Å². The molecule has 0 bridgehead atoms. The largest absolute Gasteiger partial charge is 0.207 e. The molecule has 1 aromatic carbocycles. The minimum Gasteiger partial charge on any atom is -0.207 e. The lowest BCUT2D eigenvalue weighted by molar-refractivity contribution is 0.580. The summed E-state index contributed by atoms with van der Waals surface area (Å²) >= 11 is 5.14. The van der Waals surface area contributed by atoms with E-state index in [1.54, 1.807) is 11.3 Å². The summed E-state index contributed by atoms with van der Waals surface area (Å²) in [6, 6.07) is 7.63. The predicted octanol–water partition coefficient (Wildman–Crippen LogP) is 5.07. The number of aryl methyl sites for hydroxylation is 1. The van der Waals surface area contributed by atoms with Crippen molar-refractivity contribution in [2.45, 2.75) is 18.2 Å². The van der Waals surface area contributed by atoms with Gasteiger partial charge < -0.3 is 0 Å². The van der Waals surface area contributed by atoms with Crippen LogP contribution in [0.4, 0.5) is 8.78 Å². The number of alkyl halides is 1. The van der Waals surface area contributed by atoms with Gasteiger partial charge in [-0.15, -0.1) is 11.3 Å². The molecule has 17 heavy (non-hydrogen) atoms. The fourth-order valence-corrected chi connectivity index (χ4v) is 3.26. The van der Waals surface area contributed by atoms with Gasteiger partial charge in [0.2, 0.25) is 0 Å². The van der Waals surface area contributed by atoms with Crippen LogP contribution in [0.1, 0.15) is 27.1 Å². The number of thiophene rings is 1. The highest BCUT2D eigenvalue weighted by molar-refractivity contribution is 9.09. The van der Waals surface area contributed by atoms with Crippen LogP contribution in [0.3, 0.4) is 0 Å². The Morgan fingerprint density at radius 1 is 1.18 bits per heavy atom. The Hall–Kier alpha value is -0.740. The van der Waals surface area contributed by atoms with Crippen LogP contribution in [-0.2, 0) is 6.42 Å². The van der Waals surface area contributed by atoms with Gasteiger partial charge in [0, 0.05) is 15.8 Å².